The number of hydrogen-bond donors (Lipinski definition) is 1. The molecule has 4 rings (SSSR count). The summed E-state index contributed by atoms with van der Waals surface area (Å²) >= 11 is 0. The number of halogens is 3. The quantitative estimate of drug-likeness (QED) is 0.720. The second-order valence-electron chi connectivity index (χ2n) is 7.29. The third kappa shape index (κ3) is 4.00. The molecule has 1 aromatic carbocycles. The van der Waals surface area contributed by atoms with E-state index in [-0.39, 0.29) is 17.8 Å². The molecule has 0 unspecified atom stereocenters. The van der Waals surface area contributed by atoms with Gasteiger partial charge >= 0.3 is 6.18 Å². The fourth-order valence-corrected chi connectivity index (χ4v) is 3.57. The number of H-pyrrole nitrogens is 1. The number of alkyl halides is 3. The van der Waals surface area contributed by atoms with Crippen molar-refractivity contribution in [2.45, 2.75) is 18.6 Å². The smallest absolute Gasteiger partial charge is 0.377 e. The highest BCUT2D eigenvalue weighted by Crippen LogP contribution is 2.32. The Hall–Kier alpha value is -2.81. The summed E-state index contributed by atoms with van der Waals surface area (Å²) in [4.78, 5) is 14.9. The molecule has 0 amide bonds. The highest BCUT2D eigenvalue weighted by molar-refractivity contribution is 5.83. The molecule has 154 valence electrons. The van der Waals surface area contributed by atoms with Gasteiger partial charge in [0.15, 0.2) is 5.69 Å². The van der Waals surface area contributed by atoms with Crippen molar-refractivity contribution < 1.29 is 17.9 Å². The number of hydrogen-bond acceptors (Lipinski definition) is 5. The molecule has 2 aromatic heterocycles. The number of benzene rings is 1. The molecule has 0 aliphatic carbocycles. The highest BCUT2D eigenvalue weighted by Gasteiger charge is 2.35. The van der Waals surface area contributed by atoms with Crippen LogP contribution >= 0.6 is 0 Å². The third-order valence-corrected chi connectivity index (χ3v) is 5.06. The maximum Gasteiger partial charge on any atom is 0.433 e. The van der Waals surface area contributed by atoms with Crippen LogP contribution in [0.1, 0.15) is 11.3 Å². The second-order valence-corrected chi connectivity index (χ2v) is 7.29. The van der Waals surface area contributed by atoms with Crippen molar-refractivity contribution in [1.82, 2.24) is 15.0 Å². The fraction of sp³-hybridized carbons (Fsp3) is 0.400. The molecule has 0 spiro atoms. The second kappa shape index (κ2) is 7.55. The van der Waals surface area contributed by atoms with Crippen LogP contribution in [0.4, 0.5) is 24.9 Å². The largest absolute Gasteiger partial charge is 0.433 e. The van der Waals surface area contributed by atoms with Gasteiger partial charge in [-0.05, 0) is 18.1 Å². The summed E-state index contributed by atoms with van der Waals surface area (Å²) < 4.78 is 45.8. The molecular weight excluding hydrogens is 383 g/mol. The Labute approximate surface area is 166 Å². The van der Waals surface area contributed by atoms with E-state index in [1.165, 1.54) is 0 Å². The topological polar surface area (TPSA) is 57.3 Å². The monoisotopic (exact) mass is 405 g/mol. The van der Waals surface area contributed by atoms with Gasteiger partial charge in [0.2, 0.25) is 5.95 Å². The van der Waals surface area contributed by atoms with Gasteiger partial charge in [-0.15, -0.1) is 0 Å². The lowest BCUT2D eigenvalue weighted by atomic mass is 10.0. The minimum Gasteiger partial charge on any atom is -0.377 e. The lowest BCUT2D eigenvalue weighted by Crippen LogP contribution is -2.47. The highest BCUT2D eigenvalue weighted by atomic mass is 19.4. The number of fused-ring (bicyclic) bond motifs is 1. The number of nitrogens with zero attached hydrogens (tertiary/aromatic N) is 4. The number of nitrogens with one attached hydrogen (secondary N) is 1. The predicted octanol–water partition coefficient (Wildman–Crippen LogP) is 3.49. The van der Waals surface area contributed by atoms with Gasteiger partial charge in [-0.3, -0.25) is 0 Å². The number of para-hydroxylation sites is 1. The fourth-order valence-electron chi connectivity index (χ4n) is 3.57. The van der Waals surface area contributed by atoms with Gasteiger partial charge in [0, 0.05) is 43.8 Å². The number of morpholine rings is 1. The van der Waals surface area contributed by atoms with Gasteiger partial charge in [-0.1, -0.05) is 18.2 Å². The van der Waals surface area contributed by atoms with Crippen LogP contribution in [0.25, 0.3) is 10.9 Å². The first-order valence-electron chi connectivity index (χ1n) is 9.36. The lowest BCUT2D eigenvalue weighted by molar-refractivity contribution is -0.141. The normalized spacial score (nSPS) is 17.7. The van der Waals surface area contributed by atoms with Crippen molar-refractivity contribution in [3.05, 3.63) is 47.8 Å². The molecule has 1 N–H and O–H groups in total. The zero-order chi connectivity index (χ0) is 20.6. The maximum atomic E-state index is 13.4. The van der Waals surface area contributed by atoms with Crippen LogP contribution in [-0.2, 0) is 17.3 Å². The Morgan fingerprint density at radius 1 is 1.24 bits per heavy atom. The average molecular weight is 405 g/mol. The van der Waals surface area contributed by atoms with E-state index in [9.17, 15) is 13.2 Å². The minimum atomic E-state index is -4.54. The van der Waals surface area contributed by atoms with Crippen LogP contribution in [0.2, 0.25) is 0 Å². The van der Waals surface area contributed by atoms with Gasteiger partial charge in [0.1, 0.15) is 5.82 Å². The van der Waals surface area contributed by atoms with Crippen LogP contribution in [-0.4, -0.2) is 54.8 Å². The van der Waals surface area contributed by atoms with E-state index in [1.54, 1.807) is 19.0 Å². The predicted molar refractivity (Wildman–Crippen MR) is 105 cm³/mol. The Morgan fingerprint density at radius 3 is 2.79 bits per heavy atom. The number of rotatable bonds is 4. The van der Waals surface area contributed by atoms with E-state index >= 15 is 0 Å². The number of aromatic nitrogens is 3. The average Bonchev–Trinajstić information content (AvgIpc) is 3.10. The first-order chi connectivity index (χ1) is 13.8. The summed E-state index contributed by atoms with van der Waals surface area (Å²) in [6.07, 6.45) is -1.99. The van der Waals surface area contributed by atoms with Crippen molar-refractivity contribution in [3.63, 3.8) is 0 Å². The minimum absolute atomic E-state index is 0.0802. The molecule has 1 fully saturated rings. The summed E-state index contributed by atoms with van der Waals surface area (Å²) in [5, 5.41) is 1.09. The van der Waals surface area contributed by atoms with Gasteiger partial charge in [0.25, 0.3) is 0 Å². The Balaban J connectivity index is 1.69. The van der Waals surface area contributed by atoms with E-state index in [0.29, 0.717) is 26.2 Å². The van der Waals surface area contributed by atoms with Gasteiger partial charge in [-0.2, -0.15) is 18.2 Å². The molecule has 0 bridgehead atoms. The Morgan fingerprint density at radius 2 is 2.03 bits per heavy atom. The van der Waals surface area contributed by atoms with Crippen LogP contribution in [0.5, 0.6) is 0 Å². The molecule has 1 aliphatic rings. The van der Waals surface area contributed by atoms with Crippen molar-refractivity contribution in [2.75, 3.05) is 43.7 Å². The first-order valence-corrected chi connectivity index (χ1v) is 9.36. The first kappa shape index (κ1) is 19.5. The zero-order valence-corrected chi connectivity index (χ0v) is 16.2. The Kier molecular flexibility index (Phi) is 5.08. The molecule has 1 saturated heterocycles. The van der Waals surface area contributed by atoms with E-state index in [4.69, 9.17) is 4.74 Å². The van der Waals surface area contributed by atoms with Gasteiger partial charge in [0.05, 0.1) is 19.3 Å². The Bertz CT molecular complexity index is 1000. The summed E-state index contributed by atoms with van der Waals surface area (Å²) in [6.45, 7) is 1.25. The van der Waals surface area contributed by atoms with E-state index in [0.717, 1.165) is 22.5 Å². The standard InChI is InChI=1S/C20H22F3N5O/c1-27(2)18-10-17(20(21,22)23)25-19(26-18)28-7-8-29-12-14(28)9-13-11-24-16-6-4-3-5-15(13)16/h3-6,10-11,14,24H,7-9,12H2,1-2H3/t14-/m1/s1. The number of ether oxygens (including phenoxy) is 1. The maximum absolute atomic E-state index is 13.4. The SMILES string of the molecule is CN(C)c1cc(C(F)(F)F)nc(N2CCOC[C@H]2Cc2c[nH]c3ccccc23)n1. The lowest BCUT2D eigenvalue weighted by Gasteiger charge is -2.36. The molecule has 3 heterocycles. The molecule has 1 aliphatic heterocycles. The summed E-state index contributed by atoms with van der Waals surface area (Å²) in [5.41, 5.74) is 1.17. The molecule has 3 aromatic rings. The van der Waals surface area contributed by atoms with E-state index in [2.05, 4.69) is 15.0 Å². The number of anilines is 2. The van der Waals surface area contributed by atoms with E-state index in [1.807, 2.05) is 35.4 Å². The molecular formula is C20H22F3N5O. The van der Waals surface area contributed by atoms with Crippen molar-refractivity contribution in [1.29, 1.82) is 0 Å². The van der Waals surface area contributed by atoms with Crippen LogP contribution in [0.15, 0.2) is 36.5 Å². The van der Waals surface area contributed by atoms with Crippen molar-refractivity contribution in [3.8, 4) is 0 Å². The molecule has 1 atom stereocenters. The third-order valence-electron chi connectivity index (χ3n) is 5.06. The van der Waals surface area contributed by atoms with Crippen LogP contribution in [0, 0.1) is 0 Å². The molecule has 6 nitrogen and oxygen atoms in total. The number of aromatic amines is 1. The molecule has 29 heavy (non-hydrogen) atoms. The van der Waals surface area contributed by atoms with Crippen molar-refractivity contribution in [2.24, 2.45) is 0 Å². The summed E-state index contributed by atoms with van der Waals surface area (Å²) in [6, 6.07) is 8.75. The zero-order valence-electron chi connectivity index (χ0n) is 16.2. The van der Waals surface area contributed by atoms with Crippen LogP contribution < -0.4 is 9.80 Å². The van der Waals surface area contributed by atoms with E-state index < -0.39 is 11.9 Å². The van der Waals surface area contributed by atoms with Crippen LogP contribution in [0.3, 0.4) is 0 Å². The van der Waals surface area contributed by atoms with Gasteiger partial charge < -0.3 is 19.5 Å². The summed E-state index contributed by atoms with van der Waals surface area (Å²) in [5.74, 6) is 0.302. The molecule has 0 radical (unpaired) electrons. The summed E-state index contributed by atoms with van der Waals surface area (Å²) in [7, 11) is 3.32. The molecule has 9 heteroatoms. The van der Waals surface area contributed by atoms with Crippen molar-refractivity contribution >= 4 is 22.7 Å². The van der Waals surface area contributed by atoms with Gasteiger partial charge in [-0.25, -0.2) is 4.98 Å². The molecule has 0 saturated carbocycles.